The number of hydrogen-bond donors (Lipinski definition) is 3. The van der Waals surface area contributed by atoms with Gasteiger partial charge in [0.05, 0.1) is 11.7 Å². The highest BCUT2D eigenvalue weighted by Gasteiger charge is 2.31. The fourth-order valence-corrected chi connectivity index (χ4v) is 3.31. The number of amides is 1. The largest absolute Gasteiger partial charge is 0.573 e. The summed E-state index contributed by atoms with van der Waals surface area (Å²) >= 11 is 0. The van der Waals surface area contributed by atoms with Gasteiger partial charge in [0.15, 0.2) is 12.4 Å². The Kier molecular flexibility index (Phi) is 6.69. The van der Waals surface area contributed by atoms with Gasteiger partial charge in [0, 0.05) is 22.6 Å². The van der Waals surface area contributed by atoms with Gasteiger partial charge in [0.25, 0.3) is 5.91 Å². The number of aromatic nitrogens is 4. The van der Waals surface area contributed by atoms with Crippen molar-refractivity contribution in [2.75, 3.05) is 11.9 Å². The summed E-state index contributed by atoms with van der Waals surface area (Å²) < 4.78 is 47.9. The standard InChI is InChI=1S/C24H23F3N6O3/c1-23(2,3)32-20(34)13-35-15-6-4-5-14(11-15)21-29-18-8-7-16(36-24(25,26)27)12-17(18)22(31-21)30-19-9-10-28-33-19/h4-12H,13H2,1-3H3,(H,32,34)(H2,28,29,30,31,33). The lowest BCUT2D eigenvalue weighted by Crippen LogP contribution is -2.43. The van der Waals surface area contributed by atoms with Crippen LogP contribution in [0.5, 0.6) is 11.5 Å². The number of fused-ring (bicyclic) bond motifs is 1. The first-order valence-electron chi connectivity index (χ1n) is 10.8. The Labute approximate surface area is 204 Å². The molecule has 0 unspecified atom stereocenters. The lowest BCUT2D eigenvalue weighted by Gasteiger charge is -2.20. The van der Waals surface area contributed by atoms with Gasteiger partial charge in [-0.3, -0.25) is 9.89 Å². The van der Waals surface area contributed by atoms with Crippen molar-refractivity contribution in [2.45, 2.75) is 32.7 Å². The molecule has 2 aromatic carbocycles. The number of H-pyrrole nitrogens is 1. The zero-order valence-electron chi connectivity index (χ0n) is 19.6. The molecule has 0 bridgehead atoms. The molecule has 188 valence electrons. The number of aromatic amines is 1. The van der Waals surface area contributed by atoms with Crippen molar-refractivity contribution in [3.63, 3.8) is 0 Å². The number of ether oxygens (including phenoxy) is 2. The van der Waals surface area contributed by atoms with E-state index in [1.54, 1.807) is 30.3 Å². The molecule has 0 spiro atoms. The summed E-state index contributed by atoms with van der Waals surface area (Å²) in [7, 11) is 0. The smallest absolute Gasteiger partial charge is 0.484 e. The molecule has 0 saturated carbocycles. The number of anilines is 2. The molecule has 0 saturated heterocycles. The van der Waals surface area contributed by atoms with Crippen LogP contribution in [-0.2, 0) is 4.79 Å². The highest BCUT2D eigenvalue weighted by molar-refractivity contribution is 5.93. The van der Waals surface area contributed by atoms with E-state index in [9.17, 15) is 18.0 Å². The van der Waals surface area contributed by atoms with Crippen LogP contribution in [0.15, 0.2) is 54.7 Å². The molecule has 36 heavy (non-hydrogen) atoms. The summed E-state index contributed by atoms with van der Waals surface area (Å²) in [6, 6.07) is 12.3. The van der Waals surface area contributed by atoms with Crippen LogP contribution in [0.2, 0.25) is 0 Å². The van der Waals surface area contributed by atoms with Crippen molar-refractivity contribution in [2.24, 2.45) is 0 Å². The quantitative estimate of drug-likeness (QED) is 0.329. The van der Waals surface area contributed by atoms with E-state index in [4.69, 9.17) is 4.74 Å². The number of nitrogens with one attached hydrogen (secondary N) is 3. The SMILES string of the molecule is CC(C)(C)NC(=O)COc1cccc(-c2nc(Nc3ccn[nH]3)c3cc(OC(F)(F)F)ccc3n2)c1. The predicted octanol–water partition coefficient (Wildman–Crippen LogP) is 4.96. The Hall–Kier alpha value is -4.35. The molecule has 0 atom stereocenters. The van der Waals surface area contributed by atoms with Gasteiger partial charge >= 0.3 is 6.36 Å². The van der Waals surface area contributed by atoms with E-state index < -0.39 is 12.1 Å². The van der Waals surface area contributed by atoms with E-state index in [1.807, 2.05) is 20.8 Å². The number of carbonyl (C=O) groups is 1. The third-order valence-electron chi connectivity index (χ3n) is 4.63. The molecule has 0 aliphatic carbocycles. The van der Waals surface area contributed by atoms with Crippen LogP contribution in [0.4, 0.5) is 24.8 Å². The Balaban J connectivity index is 1.67. The van der Waals surface area contributed by atoms with Crippen molar-refractivity contribution < 1.29 is 27.4 Å². The molecule has 2 aromatic heterocycles. The Morgan fingerprint density at radius 2 is 1.83 bits per heavy atom. The molecule has 9 nitrogen and oxygen atoms in total. The summed E-state index contributed by atoms with van der Waals surface area (Å²) in [6.07, 6.45) is -3.32. The van der Waals surface area contributed by atoms with E-state index in [0.29, 0.717) is 33.9 Å². The molecule has 0 aliphatic heterocycles. The molecule has 3 N–H and O–H groups in total. The van der Waals surface area contributed by atoms with E-state index in [1.165, 1.54) is 24.4 Å². The monoisotopic (exact) mass is 500 g/mol. The third-order valence-corrected chi connectivity index (χ3v) is 4.63. The van der Waals surface area contributed by atoms with E-state index >= 15 is 0 Å². The Morgan fingerprint density at radius 1 is 1.03 bits per heavy atom. The molecule has 2 heterocycles. The molecule has 12 heteroatoms. The van der Waals surface area contributed by atoms with Crippen LogP contribution in [0.25, 0.3) is 22.3 Å². The normalized spacial score (nSPS) is 11.8. The molecular formula is C24H23F3N6O3. The maximum absolute atomic E-state index is 12.7. The second kappa shape index (κ2) is 9.72. The van der Waals surface area contributed by atoms with Gasteiger partial charge in [-0.05, 0) is 51.1 Å². The minimum absolute atomic E-state index is 0.173. The number of alkyl halides is 3. The van der Waals surface area contributed by atoms with Crippen molar-refractivity contribution in [3.8, 4) is 22.9 Å². The number of hydrogen-bond acceptors (Lipinski definition) is 7. The van der Waals surface area contributed by atoms with E-state index in [-0.39, 0.29) is 23.9 Å². The number of carbonyl (C=O) groups excluding carboxylic acids is 1. The molecule has 1 amide bonds. The first kappa shape index (κ1) is 24.8. The zero-order chi connectivity index (χ0) is 25.9. The number of nitrogens with zero attached hydrogens (tertiary/aromatic N) is 3. The average molecular weight is 500 g/mol. The lowest BCUT2D eigenvalue weighted by atomic mass is 10.1. The fraction of sp³-hybridized carbons (Fsp3) is 0.250. The van der Waals surface area contributed by atoms with E-state index in [2.05, 4.69) is 35.5 Å². The fourth-order valence-electron chi connectivity index (χ4n) is 3.31. The van der Waals surface area contributed by atoms with Crippen LogP contribution in [0.3, 0.4) is 0 Å². The van der Waals surface area contributed by atoms with Crippen LogP contribution in [0.1, 0.15) is 20.8 Å². The van der Waals surface area contributed by atoms with Gasteiger partial charge in [-0.2, -0.15) is 5.10 Å². The number of rotatable bonds is 7. The summed E-state index contributed by atoms with van der Waals surface area (Å²) in [5, 5.41) is 12.7. The summed E-state index contributed by atoms with van der Waals surface area (Å²) in [4.78, 5) is 21.1. The maximum atomic E-state index is 12.7. The van der Waals surface area contributed by atoms with Crippen LogP contribution in [0, 0.1) is 0 Å². The summed E-state index contributed by atoms with van der Waals surface area (Å²) in [5.41, 5.74) is 0.575. The van der Waals surface area contributed by atoms with Gasteiger partial charge in [-0.25, -0.2) is 9.97 Å². The molecule has 4 aromatic rings. The summed E-state index contributed by atoms with van der Waals surface area (Å²) in [6.45, 7) is 5.44. The van der Waals surface area contributed by atoms with Crippen molar-refractivity contribution in [1.82, 2.24) is 25.5 Å². The predicted molar refractivity (Wildman–Crippen MR) is 127 cm³/mol. The molecule has 0 aliphatic rings. The molecular weight excluding hydrogens is 477 g/mol. The van der Waals surface area contributed by atoms with Crippen LogP contribution >= 0.6 is 0 Å². The zero-order valence-corrected chi connectivity index (χ0v) is 19.6. The third kappa shape index (κ3) is 6.62. The van der Waals surface area contributed by atoms with Gasteiger partial charge in [-0.1, -0.05) is 12.1 Å². The molecule has 0 radical (unpaired) electrons. The average Bonchev–Trinajstić information content (AvgIpc) is 3.29. The minimum atomic E-state index is -4.84. The number of halogens is 3. The first-order chi connectivity index (χ1) is 16.9. The Bertz CT molecular complexity index is 1370. The minimum Gasteiger partial charge on any atom is -0.484 e. The van der Waals surface area contributed by atoms with Crippen molar-refractivity contribution in [1.29, 1.82) is 0 Å². The second-order valence-corrected chi connectivity index (χ2v) is 8.83. The van der Waals surface area contributed by atoms with Crippen molar-refractivity contribution >= 4 is 28.4 Å². The maximum Gasteiger partial charge on any atom is 0.573 e. The second-order valence-electron chi connectivity index (χ2n) is 8.83. The van der Waals surface area contributed by atoms with Gasteiger partial charge in [0.1, 0.15) is 23.1 Å². The summed E-state index contributed by atoms with van der Waals surface area (Å²) in [5.74, 6) is 0.768. The van der Waals surface area contributed by atoms with Gasteiger partial charge in [-0.15, -0.1) is 13.2 Å². The van der Waals surface area contributed by atoms with Gasteiger partial charge in [0.2, 0.25) is 0 Å². The van der Waals surface area contributed by atoms with Crippen LogP contribution < -0.4 is 20.1 Å². The van der Waals surface area contributed by atoms with Crippen LogP contribution in [-0.4, -0.2) is 44.6 Å². The van der Waals surface area contributed by atoms with E-state index in [0.717, 1.165) is 0 Å². The molecule has 0 fully saturated rings. The highest BCUT2D eigenvalue weighted by atomic mass is 19.4. The topological polar surface area (TPSA) is 114 Å². The highest BCUT2D eigenvalue weighted by Crippen LogP contribution is 2.32. The lowest BCUT2D eigenvalue weighted by molar-refractivity contribution is -0.274. The first-order valence-corrected chi connectivity index (χ1v) is 10.8. The van der Waals surface area contributed by atoms with Crippen molar-refractivity contribution in [3.05, 3.63) is 54.7 Å². The Morgan fingerprint density at radius 3 is 2.53 bits per heavy atom. The number of benzene rings is 2. The molecule has 4 rings (SSSR count). The van der Waals surface area contributed by atoms with Gasteiger partial charge < -0.3 is 20.1 Å².